The van der Waals surface area contributed by atoms with Crippen LogP contribution in [0.5, 0.6) is 5.75 Å². The van der Waals surface area contributed by atoms with Crippen LogP contribution in [0, 0.1) is 5.92 Å². The number of methoxy groups -OCH3 is 1. The lowest BCUT2D eigenvalue weighted by Crippen LogP contribution is -2.53. The van der Waals surface area contributed by atoms with E-state index in [-0.39, 0.29) is 0 Å². The molecule has 4 nitrogen and oxygen atoms in total. The number of piperidine rings is 3. The van der Waals surface area contributed by atoms with Crippen LogP contribution in [0.15, 0.2) is 30.5 Å². The zero-order chi connectivity index (χ0) is 14.2. The minimum Gasteiger partial charge on any atom is -0.496 e. The quantitative estimate of drug-likeness (QED) is 0.940. The van der Waals surface area contributed by atoms with Crippen molar-refractivity contribution in [3.05, 3.63) is 30.5 Å². The van der Waals surface area contributed by atoms with E-state index < -0.39 is 0 Å². The maximum absolute atomic E-state index is 5.46. The summed E-state index contributed by atoms with van der Waals surface area (Å²) in [7, 11) is 1.72. The van der Waals surface area contributed by atoms with Crippen LogP contribution in [-0.4, -0.2) is 42.7 Å². The second kappa shape index (κ2) is 5.19. The van der Waals surface area contributed by atoms with Crippen LogP contribution in [0.1, 0.15) is 12.8 Å². The molecule has 110 valence electrons. The number of pyridine rings is 1. The third-order valence-electron chi connectivity index (χ3n) is 4.96. The lowest BCUT2D eigenvalue weighted by Gasteiger charge is -2.45. The summed E-state index contributed by atoms with van der Waals surface area (Å²) >= 11 is 0. The highest BCUT2D eigenvalue weighted by Crippen LogP contribution is 2.33. The summed E-state index contributed by atoms with van der Waals surface area (Å²) < 4.78 is 5.46. The molecule has 0 saturated carbocycles. The molecule has 1 aromatic heterocycles. The second-order valence-corrected chi connectivity index (χ2v) is 6.10. The van der Waals surface area contributed by atoms with Crippen LogP contribution in [0.25, 0.3) is 10.8 Å². The van der Waals surface area contributed by atoms with Gasteiger partial charge in [0.1, 0.15) is 11.6 Å². The van der Waals surface area contributed by atoms with Gasteiger partial charge in [-0.15, -0.1) is 0 Å². The van der Waals surface area contributed by atoms with Gasteiger partial charge < -0.3 is 15.0 Å². The molecule has 21 heavy (non-hydrogen) atoms. The summed E-state index contributed by atoms with van der Waals surface area (Å²) in [6.07, 6.45) is 4.49. The summed E-state index contributed by atoms with van der Waals surface area (Å²) in [4.78, 5) is 7.13. The minimum atomic E-state index is 0.525. The third kappa shape index (κ3) is 2.23. The third-order valence-corrected chi connectivity index (χ3v) is 4.96. The number of fused-ring (bicyclic) bond motifs is 4. The molecule has 0 aliphatic carbocycles. The predicted molar refractivity (Wildman–Crippen MR) is 84.9 cm³/mol. The Morgan fingerprint density at radius 2 is 2.05 bits per heavy atom. The highest BCUT2D eigenvalue weighted by Gasteiger charge is 2.34. The van der Waals surface area contributed by atoms with Crippen LogP contribution >= 0.6 is 0 Å². The van der Waals surface area contributed by atoms with Gasteiger partial charge in [0.2, 0.25) is 0 Å². The number of nitrogens with zero attached hydrogens (tertiary/aromatic N) is 2. The van der Waals surface area contributed by atoms with Crippen LogP contribution in [-0.2, 0) is 0 Å². The molecule has 1 N–H and O–H groups in total. The van der Waals surface area contributed by atoms with E-state index in [0.717, 1.165) is 34.8 Å². The number of anilines is 1. The first-order valence-corrected chi connectivity index (χ1v) is 7.76. The molecule has 3 aliphatic rings. The zero-order valence-corrected chi connectivity index (χ0v) is 12.4. The Kier molecular flexibility index (Phi) is 3.19. The van der Waals surface area contributed by atoms with Crippen molar-refractivity contribution in [1.29, 1.82) is 0 Å². The first-order chi connectivity index (χ1) is 10.3. The molecule has 0 amide bonds. The number of ether oxygens (including phenoxy) is 1. The Labute approximate surface area is 125 Å². The molecule has 5 rings (SSSR count). The number of rotatable bonds is 3. The maximum Gasteiger partial charge on any atom is 0.134 e. The first kappa shape index (κ1) is 12.9. The molecule has 1 atom stereocenters. The Bertz CT molecular complexity index is 650. The summed E-state index contributed by atoms with van der Waals surface area (Å²) in [5.74, 6) is 2.69. The summed E-state index contributed by atoms with van der Waals surface area (Å²) in [6.45, 7) is 3.67. The number of aromatic nitrogens is 1. The Morgan fingerprint density at radius 3 is 2.76 bits per heavy atom. The minimum absolute atomic E-state index is 0.525. The van der Waals surface area contributed by atoms with Crippen molar-refractivity contribution in [2.24, 2.45) is 5.92 Å². The Morgan fingerprint density at radius 1 is 1.19 bits per heavy atom. The fraction of sp³-hybridized carbons (Fsp3) is 0.471. The van der Waals surface area contributed by atoms with Gasteiger partial charge >= 0.3 is 0 Å². The molecule has 3 fully saturated rings. The fourth-order valence-corrected chi connectivity index (χ4v) is 3.78. The number of benzene rings is 1. The van der Waals surface area contributed by atoms with E-state index >= 15 is 0 Å². The SMILES string of the molecule is COc1cccc2c(NC3CN4CCC3CC4)nccc12. The predicted octanol–water partition coefficient (Wildman–Crippen LogP) is 2.75. The molecule has 4 heteroatoms. The largest absolute Gasteiger partial charge is 0.496 e. The van der Waals surface area contributed by atoms with E-state index in [4.69, 9.17) is 4.74 Å². The molecule has 0 radical (unpaired) electrons. The highest BCUT2D eigenvalue weighted by atomic mass is 16.5. The molecular weight excluding hydrogens is 262 g/mol. The summed E-state index contributed by atoms with van der Waals surface area (Å²) in [5, 5.41) is 5.97. The maximum atomic E-state index is 5.46. The second-order valence-electron chi connectivity index (χ2n) is 6.10. The van der Waals surface area contributed by atoms with E-state index in [0.29, 0.717) is 6.04 Å². The van der Waals surface area contributed by atoms with Crippen molar-refractivity contribution >= 4 is 16.6 Å². The smallest absolute Gasteiger partial charge is 0.134 e. The van der Waals surface area contributed by atoms with E-state index in [1.165, 1.54) is 25.9 Å². The van der Waals surface area contributed by atoms with Gasteiger partial charge in [0, 0.05) is 29.6 Å². The highest BCUT2D eigenvalue weighted by molar-refractivity contribution is 5.95. The molecule has 3 saturated heterocycles. The van der Waals surface area contributed by atoms with Crippen LogP contribution in [0.3, 0.4) is 0 Å². The molecule has 1 unspecified atom stereocenters. The topological polar surface area (TPSA) is 37.4 Å². The Hall–Kier alpha value is -1.81. The first-order valence-electron chi connectivity index (χ1n) is 7.76. The van der Waals surface area contributed by atoms with Crippen molar-refractivity contribution in [3.63, 3.8) is 0 Å². The van der Waals surface area contributed by atoms with Crippen LogP contribution in [0.2, 0.25) is 0 Å². The van der Waals surface area contributed by atoms with Gasteiger partial charge in [-0.1, -0.05) is 12.1 Å². The molecular formula is C17H21N3O. The summed E-state index contributed by atoms with van der Waals surface area (Å²) in [5.41, 5.74) is 0. The van der Waals surface area contributed by atoms with Gasteiger partial charge in [0.15, 0.2) is 0 Å². The van der Waals surface area contributed by atoms with E-state index in [2.05, 4.69) is 21.3 Å². The number of nitrogens with one attached hydrogen (secondary N) is 1. The number of hydrogen-bond donors (Lipinski definition) is 1. The van der Waals surface area contributed by atoms with Crippen molar-refractivity contribution in [2.75, 3.05) is 32.1 Å². The van der Waals surface area contributed by atoms with Crippen molar-refractivity contribution in [3.8, 4) is 5.75 Å². The van der Waals surface area contributed by atoms with Gasteiger partial charge in [0.25, 0.3) is 0 Å². The van der Waals surface area contributed by atoms with Gasteiger partial charge in [-0.25, -0.2) is 4.98 Å². The summed E-state index contributed by atoms with van der Waals surface area (Å²) in [6, 6.07) is 8.70. The zero-order valence-electron chi connectivity index (χ0n) is 12.4. The Balaban J connectivity index is 1.67. The average Bonchev–Trinajstić information content (AvgIpc) is 2.56. The van der Waals surface area contributed by atoms with Crippen molar-refractivity contribution in [2.45, 2.75) is 18.9 Å². The normalized spacial score (nSPS) is 27.8. The molecule has 0 spiro atoms. The lowest BCUT2D eigenvalue weighted by molar-refractivity contribution is 0.0974. The van der Waals surface area contributed by atoms with Crippen LogP contribution in [0.4, 0.5) is 5.82 Å². The van der Waals surface area contributed by atoms with Gasteiger partial charge in [-0.2, -0.15) is 0 Å². The van der Waals surface area contributed by atoms with Crippen molar-refractivity contribution in [1.82, 2.24) is 9.88 Å². The molecule has 3 aliphatic heterocycles. The molecule has 2 aromatic rings. The van der Waals surface area contributed by atoms with E-state index in [1.807, 2.05) is 24.4 Å². The van der Waals surface area contributed by atoms with Gasteiger partial charge in [-0.05, 0) is 44.0 Å². The molecule has 4 heterocycles. The van der Waals surface area contributed by atoms with Gasteiger partial charge in [-0.3, -0.25) is 0 Å². The monoisotopic (exact) mass is 283 g/mol. The lowest BCUT2D eigenvalue weighted by atomic mass is 9.84. The van der Waals surface area contributed by atoms with Gasteiger partial charge in [0.05, 0.1) is 7.11 Å². The molecule has 1 aromatic carbocycles. The molecule has 2 bridgehead atoms. The fourth-order valence-electron chi connectivity index (χ4n) is 3.78. The van der Waals surface area contributed by atoms with Crippen LogP contribution < -0.4 is 10.1 Å². The van der Waals surface area contributed by atoms with E-state index in [9.17, 15) is 0 Å². The standard InChI is InChI=1S/C17H21N3O/c1-21-16-4-2-3-14-13(16)5-8-18-17(14)19-15-11-20-9-6-12(15)7-10-20/h2-5,8,12,15H,6-7,9-11H2,1H3,(H,18,19). The van der Waals surface area contributed by atoms with Crippen molar-refractivity contribution < 1.29 is 4.74 Å². The number of hydrogen-bond acceptors (Lipinski definition) is 4. The average molecular weight is 283 g/mol. The van der Waals surface area contributed by atoms with E-state index in [1.54, 1.807) is 7.11 Å².